The van der Waals surface area contributed by atoms with E-state index in [-0.39, 0.29) is 11.8 Å². The van der Waals surface area contributed by atoms with E-state index in [9.17, 15) is 0 Å². The topological polar surface area (TPSA) is 140 Å². The van der Waals surface area contributed by atoms with Crippen molar-refractivity contribution in [2.45, 2.75) is 19.9 Å². The number of hydrogen-bond donors (Lipinski definition) is 4. The molecule has 1 aromatic carbocycles. The predicted octanol–water partition coefficient (Wildman–Crippen LogP) is 2.40. The summed E-state index contributed by atoms with van der Waals surface area (Å²) in [6.07, 6.45) is 8.91. The molecule has 0 aliphatic rings. The van der Waals surface area contributed by atoms with E-state index in [0.29, 0.717) is 28.4 Å². The number of anilines is 1. The monoisotopic (exact) mass is 378 g/mol. The minimum Gasteiger partial charge on any atom is -0.454 e. The first kappa shape index (κ1) is 18.9. The molecule has 0 aliphatic heterocycles. The number of rotatable bonds is 7. The average Bonchev–Trinajstić information content (AvgIpc) is 3.19. The number of fused-ring (bicyclic) bond motifs is 3. The summed E-state index contributed by atoms with van der Waals surface area (Å²) in [5.74, 6) is 1.28. The van der Waals surface area contributed by atoms with Crippen molar-refractivity contribution in [2.75, 3.05) is 5.32 Å². The van der Waals surface area contributed by atoms with Gasteiger partial charge in [0.05, 0.1) is 22.9 Å². The van der Waals surface area contributed by atoms with Gasteiger partial charge in [0.15, 0.2) is 17.2 Å². The molecule has 0 saturated heterocycles. The largest absolute Gasteiger partial charge is 0.454 e. The van der Waals surface area contributed by atoms with Crippen LogP contribution in [0.1, 0.15) is 13.8 Å². The number of nitrogens with zero attached hydrogens (tertiary/aromatic N) is 4. The molecular weight excluding hydrogens is 356 g/mol. The number of ether oxygens (including phenoxy) is 1. The predicted molar refractivity (Wildman–Crippen MR) is 112 cm³/mol. The van der Waals surface area contributed by atoms with Crippen molar-refractivity contribution in [1.29, 1.82) is 5.41 Å². The Kier molecular flexibility index (Phi) is 5.54. The van der Waals surface area contributed by atoms with Gasteiger partial charge in [0.2, 0.25) is 0 Å². The van der Waals surface area contributed by atoms with Crippen molar-refractivity contribution in [2.24, 2.45) is 16.5 Å². The summed E-state index contributed by atoms with van der Waals surface area (Å²) in [4.78, 5) is 13.4. The first-order valence-electron chi connectivity index (χ1n) is 8.65. The smallest absolute Gasteiger partial charge is 0.180 e. The van der Waals surface area contributed by atoms with Crippen LogP contribution in [0.2, 0.25) is 0 Å². The van der Waals surface area contributed by atoms with Crippen molar-refractivity contribution in [3.05, 3.63) is 54.4 Å². The lowest BCUT2D eigenvalue weighted by Crippen LogP contribution is -2.08. The molecule has 28 heavy (non-hydrogen) atoms. The summed E-state index contributed by atoms with van der Waals surface area (Å²) in [6, 6.07) is 5.56. The second-order valence-electron chi connectivity index (χ2n) is 6.17. The Balaban J connectivity index is 2.06. The summed E-state index contributed by atoms with van der Waals surface area (Å²) < 4.78 is 7.49. The van der Waals surface area contributed by atoms with E-state index in [1.54, 1.807) is 24.5 Å². The van der Waals surface area contributed by atoms with Crippen LogP contribution >= 0.6 is 0 Å². The van der Waals surface area contributed by atoms with Gasteiger partial charge < -0.3 is 26.9 Å². The molecule has 0 aliphatic carbocycles. The van der Waals surface area contributed by atoms with Crippen LogP contribution in [0.15, 0.2) is 59.4 Å². The van der Waals surface area contributed by atoms with Gasteiger partial charge in [0, 0.05) is 43.1 Å². The first-order chi connectivity index (χ1) is 13.5. The molecule has 0 radical (unpaired) electrons. The molecule has 2 heterocycles. The van der Waals surface area contributed by atoms with E-state index in [0.717, 1.165) is 11.7 Å². The standard InChI is InChI=1S/C19H22N8O/c1-12(2)24-11-13(8-20)25-18-19-23-5-6-27(19)17-4-3-14(7-16(17)26-18)28-15(9-21)10-22/h3-12,21H,20,22H2,1-2H3,(H,25,26)/b13-8?,15-10+,21-9?,24-11?. The summed E-state index contributed by atoms with van der Waals surface area (Å²) in [6.45, 7) is 3.96. The summed E-state index contributed by atoms with van der Waals surface area (Å²) >= 11 is 0. The number of aromatic nitrogens is 3. The van der Waals surface area contributed by atoms with E-state index < -0.39 is 0 Å². The Morgan fingerprint density at radius 3 is 2.82 bits per heavy atom. The molecule has 0 unspecified atom stereocenters. The third-order valence-electron chi connectivity index (χ3n) is 3.79. The zero-order valence-corrected chi connectivity index (χ0v) is 15.6. The van der Waals surface area contributed by atoms with Crippen LogP contribution in [0, 0.1) is 5.41 Å². The minimum atomic E-state index is 0.145. The maximum absolute atomic E-state index is 7.29. The number of nitrogens with one attached hydrogen (secondary N) is 2. The molecule has 0 amide bonds. The molecule has 9 heteroatoms. The van der Waals surface area contributed by atoms with E-state index in [4.69, 9.17) is 21.6 Å². The SMILES string of the molecule is CC(C)N=CC(=CN)Nc1nc2cc(O/C(C=N)=C/N)ccc2n2ccnc12. The summed E-state index contributed by atoms with van der Waals surface area (Å²) in [7, 11) is 0. The average molecular weight is 378 g/mol. The van der Waals surface area contributed by atoms with E-state index >= 15 is 0 Å². The number of hydrogen-bond acceptors (Lipinski definition) is 8. The van der Waals surface area contributed by atoms with E-state index in [1.165, 1.54) is 12.4 Å². The van der Waals surface area contributed by atoms with E-state index in [2.05, 4.69) is 20.3 Å². The number of aliphatic imine (C=N–C) groups is 1. The van der Waals surface area contributed by atoms with Crippen molar-refractivity contribution >= 4 is 34.9 Å². The minimum absolute atomic E-state index is 0.145. The Hall–Kier alpha value is -3.88. The van der Waals surface area contributed by atoms with Gasteiger partial charge >= 0.3 is 0 Å². The molecule has 0 saturated carbocycles. The van der Waals surface area contributed by atoms with Crippen LogP contribution in [0.3, 0.4) is 0 Å². The molecule has 0 fully saturated rings. The van der Waals surface area contributed by atoms with Crippen molar-refractivity contribution < 1.29 is 4.74 Å². The molecule has 3 aromatic rings. The lowest BCUT2D eigenvalue weighted by Gasteiger charge is -2.11. The second kappa shape index (κ2) is 8.21. The highest BCUT2D eigenvalue weighted by molar-refractivity contribution is 5.88. The number of allylic oxidation sites excluding steroid dienone is 2. The maximum Gasteiger partial charge on any atom is 0.180 e. The fourth-order valence-corrected chi connectivity index (χ4v) is 2.52. The van der Waals surface area contributed by atoms with E-state index in [1.807, 2.05) is 30.5 Å². The van der Waals surface area contributed by atoms with Crippen LogP contribution in [0.25, 0.3) is 16.7 Å². The molecular formula is C19H22N8O. The lowest BCUT2D eigenvalue weighted by atomic mass is 10.2. The third kappa shape index (κ3) is 3.93. The zero-order valence-electron chi connectivity index (χ0n) is 15.6. The summed E-state index contributed by atoms with van der Waals surface area (Å²) in [5.41, 5.74) is 13.9. The quantitative estimate of drug-likeness (QED) is 0.368. The Morgan fingerprint density at radius 2 is 2.14 bits per heavy atom. The van der Waals surface area contributed by atoms with Gasteiger partial charge in [-0.3, -0.25) is 9.39 Å². The molecule has 0 bridgehead atoms. The third-order valence-corrected chi connectivity index (χ3v) is 3.79. The van der Waals surface area contributed by atoms with Crippen molar-refractivity contribution in [1.82, 2.24) is 14.4 Å². The number of benzene rings is 1. The number of imidazole rings is 1. The van der Waals surface area contributed by atoms with Gasteiger partial charge in [0.1, 0.15) is 5.75 Å². The van der Waals surface area contributed by atoms with Crippen LogP contribution in [0.4, 0.5) is 5.82 Å². The van der Waals surface area contributed by atoms with Gasteiger partial charge in [-0.25, -0.2) is 9.97 Å². The van der Waals surface area contributed by atoms with Crippen LogP contribution in [0.5, 0.6) is 5.75 Å². The highest BCUT2D eigenvalue weighted by Gasteiger charge is 2.11. The molecule has 0 spiro atoms. The van der Waals surface area contributed by atoms with Crippen molar-refractivity contribution in [3.63, 3.8) is 0 Å². The first-order valence-corrected chi connectivity index (χ1v) is 8.65. The van der Waals surface area contributed by atoms with Gasteiger partial charge in [0.25, 0.3) is 0 Å². The molecule has 0 atom stereocenters. The highest BCUT2D eigenvalue weighted by atomic mass is 16.5. The fourth-order valence-electron chi connectivity index (χ4n) is 2.52. The summed E-state index contributed by atoms with van der Waals surface area (Å²) in [5, 5.41) is 10.5. The van der Waals surface area contributed by atoms with Gasteiger partial charge in [-0.05, 0) is 26.0 Å². The maximum atomic E-state index is 7.29. The van der Waals surface area contributed by atoms with Crippen LogP contribution in [-0.4, -0.2) is 32.8 Å². The molecule has 144 valence electrons. The Bertz CT molecular complexity index is 1090. The molecule has 3 rings (SSSR count). The van der Waals surface area contributed by atoms with Gasteiger partial charge in [-0.1, -0.05) is 0 Å². The molecule has 6 N–H and O–H groups in total. The van der Waals surface area contributed by atoms with Crippen molar-refractivity contribution in [3.8, 4) is 5.75 Å². The normalized spacial score (nSPS) is 13.0. The number of nitrogens with two attached hydrogens (primary N) is 2. The van der Waals surface area contributed by atoms with Gasteiger partial charge in [-0.2, -0.15) is 0 Å². The van der Waals surface area contributed by atoms with Crippen LogP contribution < -0.4 is 21.5 Å². The molecule has 2 aromatic heterocycles. The zero-order chi connectivity index (χ0) is 20.1. The van der Waals surface area contributed by atoms with Gasteiger partial charge in [-0.15, -0.1) is 0 Å². The molecule has 9 nitrogen and oxygen atoms in total. The van der Waals surface area contributed by atoms with Crippen LogP contribution in [-0.2, 0) is 0 Å². The lowest BCUT2D eigenvalue weighted by molar-refractivity contribution is 0.455. The Labute approximate surface area is 161 Å². The fraction of sp³-hybridized carbons (Fsp3) is 0.158. The second-order valence-corrected chi connectivity index (χ2v) is 6.17. The highest BCUT2D eigenvalue weighted by Crippen LogP contribution is 2.25. The Morgan fingerprint density at radius 1 is 1.32 bits per heavy atom.